The molecule has 4 rings (SSSR count). The summed E-state index contributed by atoms with van der Waals surface area (Å²) in [5.41, 5.74) is 0.158. The highest BCUT2D eigenvalue weighted by molar-refractivity contribution is 6.09. The lowest BCUT2D eigenvalue weighted by Gasteiger charge is -2.29. The van der Waals surface area contributed by atoms with Gasteiger partial charge in [-0.3, -0.25) is 14.6 Å². The van der Waals surface area contributed by atoms with E-state index in [1.807, 2.05) is 42.5 Å². The standard InChI is InChI=1S/C32H41N3O4/c36-29(34-22-11-9-15-25-13-4-1-5-14-25)28-24-39-30(35-28)32(31(37)38,27-18-7-2-8-19-27)20-10-3-6-16-26-17-12-21-33-23-26/h2,6-8,12,16-19,21,23,25,28H,1,3-5,9-11,13-15,20,22,24H2,(H,34,36)(H,37,38). The molecule has 1 aromatic heterocycles. The Kier molecular flexibility index (Phi) is 10.7. The number of hydrogen-bond donors (Lipinski definition) is 2. The Morgan fingerprint density at radius 2 is 1.87 bits per heavy atom. The summed E-state index contributed by atoms with van der Waals surface area (Å²) in [6.07, 6.45) is 19.2. The number of rotatable bonds is 14. The fraction of sp³-hybridized carbons (Fsp3) is 0.500. The molecule has 1 amide bonds. The number of ether oxygens (including phenoxy) is 1. The van der Waals surface area contributed by atoms with Crippen LogP contribution >= 0.6 is 0 Å². The van der Waals surface area contributed by atoms with Crippen LogP contribution in [0.15, 0.2) is 65.9 Å². The number of aliphatic imine (C=N–C) groups is 1. The zero-order valence-electron chi connectivity index (χ0n) is 22.8. The van der Waals surface area contributed by atoms with Crippen molar-refractivity contribution >= 4 is 23.9 Å². The van der Waals surface area contributed by atoms with Crippen molar-refractivity contribution in [3.8, 4) is 0 Å². The number of nitrogens with zero attached hydrogens (tertiary/aromatic N) is 2. The number of amides is 1. The SMILES string of the molecule is O=C(NCCCCC1CCCCC1)C1COC(C(CCCC=Cc2cccnc2)(C(=O)O)c2ccccc2)=N1. The van der Waals surface area contributed by atoms with Crippen LogP contribution < -0.4 is 5.32 Å². The molecule has 2 atom stereocenters. The van der Waals surface area contributed by atoms with E-state index in [4.69, 9.17) is 4.74 Å². The predicted molar refractivity (Wildman–Crippen MR) is 153 cm³/mol. The first kappa shape index (κ1) is 28.5. The van der Waals surface area contributed by atoms with Crippen molar-refractivity contribution in [2.24, 2.45) is 10.9 Å². The highest BCUT2D eigenvalue weighted by atomic mass is 16.5. The van der Waals surface area contributed by atoms with E-state index in [2.05, 4.69) is 15.3 Å². The van der Waals surface area contributed by atoms with E-state index < -0.39 is 17.4 Å². The molecule has 1 aliphatic heterocycles. The Labute approximate surface area is 231 Å². The summed E-state index contributed by atoms with van der Waals surface area (Å²) < 4.78 is 5.88. The van der Waals surface area contributed by atoms with Gasteiger partial charge in [-0.1, -0.05) is 93.5 Å². The number of hydrogen-bond acceptors (Lipinski definition) is 5. The van der Waals surface area contributed by atoms with E-state index in [-0.39, 0.29) is 18.4 Å². The molecule has 2 N–H and O–H groups in total. The lowest BCUT2D eigenvalue weighted by molar-refractivity contribution is -0.141. The largest absolute Gasteiger partial charge is 0.480 e. The summed E-state index contributed by atoms with van der Waals surface area (Å²) in [7, 11) is 0. The van der Waals surface area contributed by atoms with Gasteiger partial charge in [0.1, 0.15) is 6.61 Å². The van der Waals surface area contributed by atoms with E-state index in [0.29, 0.717) is 31.4 Å². The first-order valence-electron chi connectivity index (χ1n) is 14.4. The minimum absolute atomic E-state index is 0.0615. The normalized spacial score (nSPS) is 19.3. The number of benzene rings is 1. The molecule has 1 aliphatic carbocycles. The first-order chi connectivity index (χ1) is 19.1. The smallest absolute Gasteiger partial charge is 0.323 e. The molecule has 7 heteroatoms. The number of aromatic nitrogens is 1. The van der Waals surface area contributed by atoms with Crippen molar-refractivity contribution in [2.45, 2.75) is 82.1 Å². The molecule has 0 saturated heterocycles. The Hall–Kier alpha value is -3.48. The molecule has 1 fully saturated rings. The van der Waals surface area contributed by atoms with Gasteiger partial charge in [0.2, 0.25) is 11.8 Å². The number of allylic oxidation sites excluding steroid dienone is 1. The second kappa shape index (κ2) is 14.6. The number of aliphatic carboxylic acids is 1. The second-order valence-corrected chi connectivity index (χ2v) is 10.7. The zero-order valence-corrected chi connectivity index (χ0v) is 22.8. The number of carbonyl (C=O) groups excluding carboxylic acids is 1. The molecular formula is C32H41N3O4. The third kappa shape index (κ3) is 7.78. The summed E-state index contributed by atoms with van der Waals surface area (Å²) >= 11 is 0. The van der Waals surface area contributed by atoms with E-state index in [1.54, 1.807) is 24.5 Å². The fourth-order valence-corrected chi connectivity index (χ4v) is 5.70. The van der Waals surface area contributed by atoms with Gasteiger partial charge in [-0.25, -0.2) is 4.99 Å². The van der Waals surface area contributed by atoms with E-state index in [0.717, 1.165) is 24.3 Å². The van der Waals surface area contributed by atoms with Crippen molar-refractivity contribution in [2.75, 3.05) is 13.2 Å². The average molecular weight is 532 g/mol. The molecule has 7 nitrogen and oxygen atoms in total. The average Bonchev–Trinajstić information content (AvgIpc) is 3.47. The maximum atomic E-state index is 12.9. The van der Waals surface area contributed by atoms with Gasteiger partial charge in [0.05, 0.1) is 0 Å². The molecule has 2 aromatic rings. The second-order valence-electron chi connectivity index (χ2n) is 10.7. The lowest BCUT2D eigenvalue weighted by Crippen LogP contribution is -2.44. The zero-order chi connectivity index (χ0) is 27.3. The number of unbranched alkanes of at least 4 members (excludes halogenated alkanes) is 2. The summed E-state index contributed by atoms with van der Waals surface area (Å²) in [4.78, 5) is 34.4. The number of carboxylic acid groups (broad SMARTS) is 1. The van der Waals surface area contributed by atoms with Crippen LogP contribution in [0.1, 0.15) is 81.8 Å². The maximum absolute atomic E-state index is 12.9. The molecule has 2 heterocycles. The molecule has 2 aliphatic rings. The summed E-state index contributed by atoms with van der Waals surface area (Å²) in [5, 5.41) is 13.5. The topological polar surface area (TPSA) is 101 Å². The number of pyridine rings is 1. The number of nitrogens with one attached hydrogen (secondary N) is 1. The monoisotopic (exact) mass is 531 g/mol. The van der Waals surface area contributed by atoms with Crippen molar-refractivity contribution in [1.29, 1.82) is 0 Å². The van der Waals surface area contributed by atoms with Crippen molar-refractivity contribution in [3.63, 3.8) is 0 Å². The highest BCUT2D eigenvalue weighted by Gasteiger charge is 2.49. The Morgan fingerprint density at radius 3 is 2.62 bits per heavy atom. The molecular weight excluding hydrogens is 490 g/mol. The van der Waals surface area contributed by atoms with E-state index in [9.17, 15) is 14.7 Å². The minimum atomic E-state index is -1.45. The van der Waals surface area contributed by atoms with Gasteiger partial charge in [-0.2, -0.15) is 0 Å². The van der Waals surface area contributed by atoms with E-state index in [1.165, 1.54) is 38.5 Å². The van der Waals surface area contributed by atoms with Gasteiger partial charge in [0.15, 0.2) is 11.5 Å². The minimum Gasteiger partial charge on any atom is -0.480 e. The van der Waals surface area contributed by atoms with Crippen LogP contribution in [0.25, 0.3) is 6.08 Å². The highest BCUT2D eigenvalue weighted by Crippen LogP contribution is 2.35. The molecule has 0 bridgehead atoms. The van der Waals surface area contributed by atoms with Crippen molar-refractivity contribution in [1.82, 2.24) is 10.3 Å². The summed E-state index contributed by atoms with van der Waals surface area (Å²) in [5.74, 6) is -0.255. The van der Waals surface area contributed by atoms with Crippen LogP contribution in [-0.2, 0) is 19.7 Å². The Bertz CT molecular complexity index is 1110. The number of carboxylic acids is 1. The lowest BCUT2D eigenvalue weighted by atomic mass is 9.76. The fourth-order valence-electron chi connectivity index (χ4n) is 5.70. The third-order valence-electron chi connectivity index (χ3n) is 7.93. The predicted octanol–water partition coefficient (Wildman–Crippen LogP) is 5.95. The molecule has 0 radical (unpaired) electrons. The van der Waals surface area contributed by atoms with Crippen LogP contribution in [0, 0.1) is 5.92 Å². The van der Waals surface area contributed by atoms with Gasteiger partial charge >= 0.3 is 5.97 Å². The van der Waals surface area contributed by atoms with Crippen LogP contribution in [0.3, 0.4) is 0 Å². The summed E-state index contributed by atoms with van der Waals surface area (Å²) in [6.45, 7) is 0.672. The molecule has 39 heavy (non-hydrogen) atoms. The van der Waals surface area contributed by atoms with Gasteiger partial charge in [0, 0.05) is 18.9 Å². The quantitative estimate of drug-likeness (QED) is 0.293. The molecule has 0 spiro atoms. The third-order valence-corrected chi connectivity index (χ3v) is 7.93. The van der Waals surface area contributed by atoms with Crippen LogP contribution in [0.5, 0.6) is 0 Å². The molecule has 1 aromatic carbocycles. The molecule has 2 unspecified atom stereocenters. The van der Waals surface area contributed by atoms with E-state index >= 15 is 0 Å². The Balaban J connectivity index is 1.37. The van der Waals surface area contributed by atoms with Gasteiger partial charge < -0.3 is 15.2 Å². The molecule has 208 valence electrons. The maximum Gasteiger partial charge on any atom is 0.323 e. The molecule has 1 saturated carbocycles. The van der Waals surface area contributed by atoms with Crippen LogP contribution in [-0.4, -0.2) is 47.1 Å². The van der Waals surface area contributed by atoms with Crippen LogP contribution in [0.2, 0.25) is 0 Å². The number of carbonyl (C=O) groups is 2. The van der Waals surface area contributed by atoms with Gasteiger partial charge in [0.25, 0.3) is 0 Å². The van der Waals surface area contributed by atoms with Crippen molar-refractivity contribution < 1.29 is 19.4 Å². The summed E-state index contributed by atoms with van der Waals surface area (Å²) in [6, 6.07) is 12.2. The first-order valence-corrected chi connectivity index (χ1v) is 14.4. The van der Waals surface area contributed by atoms with Gasteiger partial charge in [-0.05, 0) is 48.8 Å². The van der Waals surface area contributed by atoms with Crippen molar-refractivity contribution in [3.05, 3.63) is 72.1 Å². The van der Waals surface area contributed by atoms with Gasteiger partial charge in [-0.15, -0.1) is 0 Å². The van der Waals surface area contributed by atoms with Crippen LogP contribution in [0.4, 0.5) is 0 Å². The Morgan fingerprint density at radius 1 is 1.05 bits per heavy atom.